The van der Waals surface area contributed by atoms with Crippen LogP contribution in [0.4, 0.5) is 11.4 Å². The first-order valence-electron chi connectivity index (χ1n) is 9.02. The fourth-order valence-electron chi connectivity index (χ4n) is 3.46. The van der Waals surface area contributed by atoms with Crippen molar-refractivity contribution in [1.82, 2.24) is 0 Å². The van der Waals surface area contributed by atoms with Gasteiger partial charge in [-0.25, -0.2) is 0 Å². The predicted octanol–water partition coefficient (Wildman–Crippen LogP) is 4.14. The van der Waals surface area contributed by atoms with Crippen molar-refractivity contribution in [3.8, 4) is 11.5 Å². The van der Waals surface area contributed by atoms with E-state index in [4.69, 9.17) is 9.47 Å². The van der Waals surface area contributed by atoms with Crippen LogP contribution in [-0.4, -0.2) is 24.0 Å². The van der Waals surface area contributed by atoms with Crippen molar-refractivity contribution in [3.05, 3.63) is 94.5 Å². The second kappa shape index (κ2) is 7.63. The summed E-state index contributed by atoms with van der Waals surface area (Å²) in [4.78, 5) is 25.7. The minimum absolute atomic E-state index is 0.0508. The molecule has 3 aromatic rings. The van der Waals surface area contributed by atoms with E-state index in [-0.39, 0.29) is 11.6 Å². The average Bonchev–Trinajstić information content (AvgIpc) is 2.76. The number of methoxy groups -OCH3 is 1. The van der Waals surface area contributed by atoms with Gasteiger partial charge in [-0.3, -0.25) is 19.8 Å². The molecule has 7 heteroatoms. The largest absolute Gasteiger partial charge is 0.497 e. The Labute approximate surface area is 167 Å². The molecular weight excluding hydrogens is 372 g/mol. The number of carbonyl (C=O) groups is 1. The molecule has 0 bridgehead atoms. The Morgan fingerprint density at radius 3 is 2.21 bits per heavy atom. The lowest BCUT2D eigenvalue weighted by molar-refractivity contribution is -0.385. The third kappa shape index (κ3) is 3.38. The monoisotopic (exact) mass is 390 g/mol. The summed E-state index contributed by atoms with van der Waals surface area (Å²) in [5, 5.41) is 11.6. The van der Waals surface area contributed by atoms with Crippen LogP contribution in [0.1, 0.15) is 11.6 Å². The summed E-state index contributed by atoms with van der Waals surface area (Å²) in [6.45, 7) is 0. The number of hydrogen-bond donors (Lipinski definition) is 0. The van der Waals surface area contributed by atoms with Gasteiger partial charge in [-0.2, -0.15) is 0 Å². The number of nitro benzene ring substituents is 1. The van der Waals surface area contributed by atoms with Crippen LogP contribution in [0.3, 0.4) is 0 Å². The van der Waals surface area contributed by atoms with E-state index in [1.807, 2.05) is 6.07 Å². The zero-order chi connectivity index (χ0) is 20.4. The third-order valence-electron chi connectivity index (χ3n) is 4.85. The zero-order valence-corrected chi connectivity index (χ0v) is 15.6. The van der Waals surface area contributed by atoms with Crippen molar-refractivity contribution >= 4 is 17.3 Å². The minimum Gasteiger partial charge on any atom is -0.497 e. The molecule has 0 unspecified atom stereocenters. The standard InChI is InChI=1S/C22H18N2O5/c1-28-16-13-11-15(12-14-16)23-20(18-9-5-6-10-19(18)24(26)27)21(22(23)25)29-17-7-3-2-4-8-17/h2-14,20-21H,1H3/t20-,21+/m1/s1. The van der Waals surface area contributed by atoms with Crippen LogP contribution < -0.4 is 14.4 Å². The number of β-lactam (4-membered cyclic amide) rings is 1. The quantitative estimate of drug-likeness (QED) is 0.359. The third-order valence-corrected chi connectivity index (χ3v) is 4.85. The van der Waals surface area contributed by atoms with Gasteiger partial charge in [-0.05, 0) is 42.5 Å². The van der Waals surface area contributed by atoms with Crippen LogP contribution in [0.5, 0.6) is 11.5 Å². The first-order chi connectivity index (χ1) is 14.1. The van der Waals surface area contributed by atoms with Crippen molar-refractivity contribution in [2.45, 2.75) is 12.1 Å². The molecule has 0 spiro atoms. The summed E-state index contributed by atoms with van der Waals surface area (Å²) in [5.41, 5.74) is 0.992. The second-order valence-electron chi connectivity index (χ2n) is 6.52. The summed E-state index contributed by atoms with van der Waals surface area (Å²) < 4.78 is 11.1. The molecule has 29 heavy (non-hydrogen) atoms. The summed E-state index contributed by atoms with van der Waals surface area (Å²) in [6, 6.07) is 21.7. The Bertz CT molecular complexity index is 1040. The fraction of sp³-hybridized carbons (Fsp3) is 0.136. The smallest absolute Gasteiger partial charge is 0.274 e. The maximum atomic E-state index is 13.0. The van der Waals surface area contributed by atoms with E-state index < -0.39 is 17.1 Å². The van der Waals surface area contributed by atoms with Crippen LogP contribution in [0, 0.1) is 10.1 Å². The van der Waals surface area contributed by atoms with E-state index in [0.717, 1.165) is 0 Å². The molecule has 7 nitrogen and oxygen atoms in total. The van der Waals surface area contributed by atoms with Gasteiger partial charge in [0.1, 0.15) is 17.5 Å². The highest BCUT2D eigenvalue weighted by Crippen LogP contribution is 2.44. The van der Waals surface area contributed by atoms with Crippen LogP contribution >= 0.6 is 0 Å². The lowest BCUT2D eigenvalue weighted by atomic mass is 9.88. The molecule has 0 aromatic heterocycles. The lowest BCUT2D eigenvalue weighted by Gasteiger charge is -2.46. The number of nitrogens with zero attached hydrogens (tertiary/aromatic N) is 2. The highest BCUT2D eigenvalue weighted by molar-refractivity contribution is 6.05. The Kier molecular flexibility index (Phi) is 4.87. The van der Waals surface area contributed by atoms with Crippen LogP contribution in [0.25, 0.3) is 0 Å². The van der Waals surface area contributed by atoms with E-state index in [0.29, 0.717) is 22.7 Å². The van der Waals surface area contributed by atoms with Crippen molar-refractivity contribution in [3.63, 3.8) is 0 Å². The Morgan fingerprint density at radius 2 is 1.55 bits per heavy atom. The minimum atomic E-state index is -0.861. The van der Waals surface area contributed by atoms with E-state index in [1.165, 1.54) is 11.0 Å². The highest BCUT2D eigenvalue weighted by atomic mass is 16.6. The summed E-state index contributed by atoms with van der Waals surface area (Å²) in [6.07, 6.45) is -0.861. The van der Waals surface area contributed by atoms with E-state index in [1.54, 1.807) is 73.8 Å². The SMILES string of the molecule is COc1ccc(N2C(=O)[C@@H](Oc3ccccc3)[C@H]2c2ccccc2[N+](=O)[O-])cc1. The van der Waals surface area contributed by atoms with Crippen LogP contribution in [-0.2, 0) is 4.79 Å². The number of hydrogen-bond acceptors (Lipinski definition) is 5. The van der Waals surface area contributed by atoms with Gasteiger partial charge in [-0.15, -0.1) is 0 Å². The first kappa shape index (κ1) is 18.5. The Balaban J connectivity index is 1.75. The van der Waals surface area contributed by atoms with Gasteiger partial charge in [0.15, 0.2) is 0 Å². The molecule has 1 heterocycles. The van der Waals surface area contributed by atoms with Crippen molar-refractivity contribution < 1.29 is 19.2 Å². The molecule has 4 rings (SSSR count). The highest BCUT2D eigenvalue weighted by Gasteiger charge is 2.53. The number of benzene rings is 3. The average molecular weight is 390 g/mol. The number of nitro groups is 1. The van der Waals surface area contributed by atoms with Gasteiger partial charge < -0.3 is 9.47 Å². The lowest BCUT2D eigenvalue weighted by Crippen LogP contribution is -2.61. The molecule has 1 amide bonds. The van der Waals surface area contributed by atoms with Gasteiger partial charge in [0.25, 0.3) is 11.6 Å². The number of rotatable bonds is 6. The molecule has 2 atom stereocenters. The number of ether oxygens (including phenoxy) is 2. The number of amides is 1. The normalized spacial score (nSPS) is 18.1. The maximum absolute atomic E-state index is 13.0. The first-order valence-corrected chi connectivity index (χ1v) is 9.02. The molecular formula is C22H18N2O5. The number of carbonyl (C=O) groups excluding carboxylic acids is 1. The van der Waals surface area contributed by atoms with Gasteiger partial charge >= 0.3 is 0 Å². The van der Waals surface area contributed by atoms with E-state index in [9.17, 15) is 14.9 Å². The predicted molar refractivity (Wildman–Crippen MR) is 107 cm³/mol. The molecule has 146 valence electrons. The molecule has 1 fully saturated rings. The summed E-state index contributed by atoms with van der Waals surface area (Å²) in [7, 11) is 1.56. The number of anilines is 1. The Morgan fingerprint density at radius 1 is 0.897 bits per heavy atom. The molecule has 0 saturated carbocycles. The van der Waals surface area contributed by atoms with Crippen molar-refractivity contribution in [2.24, 2.45) is 0 Å². The molecule has 0 radical (unpaired) electrons. The van der Waals surface area contributed by atoms with Gasteiger partial charge in [0.2, 0.25) is 6.10 Å². The van der Waals surface area contributed by atoms with Crippen molar-refractivity contribution in [1.29, 1.82) is 0 Å². The summed E-state index contributed by atoms with van der Waals surface area (Å²) >= 11 is 0. The molecule has 1 aliphatic rings. The zero-order valence-electron chi connectivity index (χ0n) is 15.6. The Hall–Kier alpha value is -3.87. The van der Waals surface area contributed by atoms with Gasteiger partial charge in [-0.1, -0.05) is 30.3 Å². The summed E-state index contributed by atoms with van der Waals surface area (Å²) in [5.74, 6) is 0.923. The second-order valence-corrected chi connectivity index (χ2v) is 6.52. The number of para-hydroxylation sites is 2. The van der Waals surface area contributed by atoms with Gasteiger partial charge in [0.05, 0.1) is 17.6 Å². The molecule has 3 aromatic carbocycles. The van der Waals surface area contributed by atoms with Gasteiger partial charge in [0, 0.05) is 11.8 Å². The maximum Gasteiger partial charge on any atom is 0.274 e. The molecule has 0 aliphatic carbocycles. The molecule has 0 N–H and O–H groups in total. The fourth-order valence-corrected chi connectivity index (χ4v) is 3.46. The molecule has 1 aliphatic heterocycles. The van der Waals surface area contributed by atoms with Crippen molar-refractivity contribution in [2.75, 3.05) is 12.0 Å². The van der Waals surface area contributed by atoms with E-state index >= 15 is 0 Å². The van der Waals surface area contributed by atoms with Crippen LogP contribution in [0.2, 0.25) is 0 Å². The topological polar surface area (TPSA) is 81.9 Å². The molecule has 1 saturated heterocycles. The van der Waals surface area contributed by atoms with Crippen LogP contribution in [0.15, 0.2) is 78.9 Å². The van der Waals surface area contributed by atoms with E-state index in [2.05, 4.69) is 0 Å².